The first-order valence-electron chi connectivity index (χ1n) is 6.85. The molecule has 2 atom stereocenters. The van der Waals surface area contributed by atoms with Crippen LogP contribution >= 0.6 is 11.3 Å². The van der Waals surface area contributed by atoms with E-state index in [2.05, 4.69) is 10.6 Å². The molecule has 0 spiro atoms. The summed E-state index contributed by atoms with van der Waals surface area (Å²) in [6.07, 6.45) is 2.20. The fourth-order valence-electron chi connectivity index (χ4n) is 1.92. The van der Waals surface area contributed by atoms with Gasteiger partial charge in [-0.15, -0.1) is 11.3 Å². The summed E-state index contributed by atoms with van der Waals surface area (Å²) in [5, 5.41) is 16.3. The topological polar surface area (TPSA) is 78.4 Å². The lowest BCUT2D eigenvalue weighted by molar-refractivity contribution is -0.137. The zero-order valence-corrected chi connectivity index (χ0v) is 12.7. The molecule has 6 heteroatoms. The van der Waals surface area contributed by atoms with E-state index in [1.54, 1.807) is 11.3 Å². The van der Waals surface area contributed by atoms with Crippen LogP contribution in [0.2, 0.25) is 0 Å². The van der Waals surface area contributed by atoms with E-state index >= 15 is 0 Å². The highest BCUT2D eigenvalue weighted by Gasteiger charge is 2.14. The SMILES string of the molecule is CCC(NC(=O)NC(C)CCCC(=O)O)c1cccs1. The number of carbonyl (C=O) groups is 2. The minimum atomic E-state index is -0.801. The van der Waals surface area contributed by atoms with Gasteiger partial charge in [-0.05, 0) is 37.6 Å². The molecule has 1 heterocycles. The third-order valence-electron chi connectivity index (χ3n) is 3.01. The number of urea groups is 1. The molecule has 2 amide bonds. The zero-order chi connectivity index (χ0) is 15.0. The predicted molar refractivity (Wildman–Crippen MR) is 80.0 cm³/mol. The lowest BCUT2D eigenvalue weighted by Crippen LogP contribution is -2.42. The van der Waals surface area contributed by atoms with E-state index < -0.39 is 5.97 Å². The van der Waals surface area contributed by atoms with Gasteiger partial charge < -0.3 is 15.7 Å². The molecule has 0 aliphatic carbocycles. The summed E-state index contributed by atoms with van der Waals surface area (Å²) < 4.78 is 0. The monoisotopic (exact) mass is 298 g/mol. The average molecular weight is 298 g/mol. The van der Waals surface area contributed by atoms with Crippen molar-refractivity contribution < 1.29 is 14.7 Å². The van der Waals surface area contributed by atoms with Crippen molar-refractivity contribution in [1.82, 2.24) is 10.6 Å². The van der Waals surface area contributed by atoms with E-state index in [1.165, 1.54) is 0 Å². The van der Waals surface area contributed by atoms with Gasteiger partial charge in [-0.25, -0.2) is 4.79 Å². The Morgan fingerprint density at radius 3 is 2.70 bits per heavy atom. The third-order valence-corrected chi connectivity index (χ3v) is 3.99. The number of hydrogen-bond donors (Lipinski definition) is 3. The van der Waals surface area contributed by atoms with Crippen LogP contribution in [-0.2, 0) is 4.79 Å². The Morgan fingerprint density at radius 1 is 1.40 bits per heavy atom. The van der Waals surface area contributed by atoms with Crippen LogP contribution in [0.5, 0.6) is 0 Å². The normalized spacial score (nSPS) is 13.5. The third kappa shape index (κ3) is 6.06. The highest BCUT2D eigenvalue weighted by molar-refractivity contribution is 7.10. The van der Waals surface area contributed by atoms with E-state index in [0.29, 0.717) is 12.8 Å². The van der Waals surface area contributed by atoms with E-state index in [9.17, 15) is 9.59 Å². The quantitative estimate of drug-likeness (QED) is 0.690. The van der Waals surface area contributed by atoms with Gasteiger partial charge in [-0.1, -0.05) is 13.0 Å². The number of nitrogens with one attached hydrogen (secondary N) is 2. The van der Waals surface area contributed by atoms with Crippen LogP contribution in [0.3, 0.4) is 0 Å². The molecule has 0 fully saturated rings. The van der Waals surface area contributed by atoms with E-state index in [1.807, 2.05) is 31.4 Å². The van der Waals surface area contributed by atoms with Crippen LogP contribution in [-0.4, -0.2) is 23.1 Å². The Hall–Kier alpha value is -1.56. The van der Waals surface area contributed by atoms with Gasteiger partial charge in [0.05, 0.1) is 6.04 Å². The Kier molecular flexibility index (Phi) is 7.08. The van der Waals surface area contributed by atoms with Crippen molar-refractivity contribution in [1.29, 1.82) is 0 Å². The Morgan fingerprint density at radius 2 is 2.15 bits per heavy atom. The van der Waals surface area contributed by atoms with Gasteiger partial charge in [0.2, 0.25) is 0 Å². The minimum Gasteiger partial charge on any atom is -0.481 e. The number of rotatable bonds is 8. The van der Waals surface area contributed by atoms with E-state index in [4.69, 9.17) is 5.11 Å². The molecule has 20 heavy (non-hydrogen) atoms. The van der Waals surface area contributed by atoms with Crippen molar-refractivity contribution in [3.8, 4) is 0 Å². The van der Waals surface area contributed by atoms with Gasteiger partial charge in [0.25, 0.3) is 0 Å². The van der Waals surface area contributed by atoms with Gasteiger partial charge in [-0.3, -0.25) is 4.79 Å². The molecule has 5 nitrogen and oxygen atoms in total. The zero-order valence-electron chi connectivity index (χ0n) is 11.9. The number of aliphatic carboxylic acids is 1. The molecule has 3 N–H and O–H groups in total. The first kappa shape index (κ1) is 16.5. The van der Waals surface area contributed by atoms with Gasteiger partial charge in [-0.2, -0.15) is 0 Å². The molecular formula is C14H22N2O3S. The largest absolute Gasteiger partial charge is 0.481 e. The molecule has 0 aliphatic rings. The molecule has 0 aliphatic heterocycles. The fraction of sp³-hybridized carbons (Fsp3) is 0.571. The van der Waals surface area contributed by atoms with Crippen molar-refractivity contribution in [3.63, 3.8) is 0 Å². The molecular weight excluding hydrogens is 276 g/mol. The lowest BCUT2D eigenvalue weighted by Gasteiger charge is -2.19. The van der Waals surface area contributed by atoms with Crippen LogP contribution in [0, 0.1) is 0 Å². The summed E-state index contributed by atoms with van der Waals surface area (Å²) in [6, 6.07) is 3.77. The van der Waals surface area contributed by atoms with Gasteiger partial charge in [0.15, 0.2) is 0 Å². The maximum absolute atomic E-state index is 11.9. The summed E-state index contributed by atoms with van der Waals surface area (Å²) in [4.78, 5) is 23.4. The smallest absolute Gasteiger partial charge is 0.315 e. The second-order valence-electron chi connectivity index (χ2n) is 4.78. The highest BCUT2D eigenvalue weighted by Crippen LogP contribution is 2.21. The Balaban J connectivity index is 2.33. The number of carboxylic acids is 1. The summed E-state index contributed by atoms with van der Waals surface area (Å²) in [6.45, 7) is 3.91. The summed E-state index contributed by atoms with van der Waals surface area (Å²) >= 11 is 1.63. The molecule has 112 valence electrons. The first-order valence-corrected chi connectivity index (χ1v) is 7.73. The minimum absolute atomic E-state index is 0.0289. The molecule has 0 aromatic carbocycles. The summed E-state index contributed by atoms with van der Waals surface area (Å²) in [5.74, 6) is -0.801. The maximum atomic E-state index is 11.9. The summed E-state index contributed by atoms with van der Waals surface area (Å²) in [5.41, 5.74) is 0. The fourth-order valence-corrected chi connectivity index (χ4v) is 2.78. The molecule has 1 aromatic rings. The molecule has 0 bridgehead atoms. The maximum Gasteiger partial charge on any atom is 0.315 e. The Labute approximate surface area is 123 Å². The standard InChI is InChI=1S/C14H22N2O3S/c1-3-11(12-7-5-9-20-12)16-14(19)15-10(2)6-4-8-13(17)18/h5,7,9-11H,3-4,6,8H2,1-2H3,(H,17,18)(H2,15,16,19). The van der Waals surface area contributed by atoms with Crippen LogP contribution in [0.25, 0.3) is 0 Å². The van der Waals surface area contributed by atoms with E-state index in [0.717, 1.165) is 11.3 Å². The molecule has 0 saturated heterocycles. The van der Waals surface area contributed by atoms with Crippen LogP contribution in [0.4, 0.5) is 4.79 Å². The van der Waals surface area contributed by atoms with Crippen LogP contribution in [0.15, 0.2) is 17.5 Å². The lowest BCUT2D eigenvalue weighted by atomic mass is 10.1. The first-order chi connectivity index (χ1) is 9.52. The molecule has 0 saturated carbocycles. The van der Waals surface area contributed by atoms with Gasteiger partial charge in [0.1, 0.15) is 0 Å². The number of thiophene rings is 1. The summed E-state index contributed by atoms with van der Waals surface area (Å²) in [7, 11) is 0. The van der Waals surface area contributed by atoms with Crippen molar-refractivity contribution in [2.24, 2.45) is 0 Å². The van der Waals surface area contributed by atoms with Crippen molar-refractivity contribution >= 4 is 23.3 Å². The number of carbonyl (C=O) groups excluding carboxylic acids is 1. The van der Waals surface area contributed by atoms with E-state index in [-0.39, 0.29) is 24.5 Å². The second kappa shape index (κ2) is 8.58. The average Bonchev–Trinajstić information content (AvgIpc) is 2.89. The van der Waals surface area contributed by atoms with Crippen molar-refractivity contribution in [2.45, 2.75) is 51.6 Å². The van der Waals surface area contributed by atoms with Crippen LogP contribution in [0.1, 0.15) is 50.4 Å². The van der Waals surface area contributed by atoms with Gasteiger partial charge >= 0.3 is 12.0 Å². The molecule has 1 aromatic heterocycles. The van der Waals surface area contributed by atoms with Crippen molar-refractivity contribution in [3.05, 3.63) is 22.4 Å². The van der Waals surface area contributed by atoms with Crippen molar-refractivity contribution in [2.75, 3.05) is 0 Å². The molecule has 1 rings (SSSR count). The Bertz CT molecular complexity index is 420. The number of carboxylic acid groups (broad SMARTS) is 1. The number of amides is 2. The molecule has 2 unspecified atom stereocenters. The number of hydrogen-bond acceptors (Lipinski definition) is 3. The van der Waals surface area contributed by atoms with Gasteiger partial charge in [0, 0.05) is 17.3 Å². The highest BCUT2D eigenvalue weighted by atomic mass is 32.1. The molecule has 0 radical (unpaired) electrons. The predicted octanol–water partition coefficient (Wildman–Crippen LogP) is 3.14. The second-order valence-corrected chi connectivity index (χ2v) is 5.76. The van der Waals surface area contributed by atoms with Crippen LogP contribution < -0.4 is 10.6 Å².